The molecule has 0 spiro atoms. The molecule has 0 aliphatic carbocycles. The molecule has 0 fully saturated rings. The summed E-state index contributed by atoms with van der Waals surface area (Å²) in [5.41, 5.74) is 2.16. The highest BCUT2D eigenvalue weighted by Gasteiger charge is 2.04. The summed E-state index contributed by atoms with van der Waals surface area (Å²) in [7, 11) is 0. The third-order valence-electron chi connectivity index (χ3n) is 2.97. The molecule has 1 N–H and O–H groups in total. The molecule has 1 unspecified atom stereocenters. The molecule has 0 aliphatic rings. The lowest BCUT2D eigenvalue weighted by molar-refractivity contribution is 0.543. The Balaban J connectivity index is 1.86. The smallest absolute Gasteiger partial charge is 0.123 e. The zero-order valence-corrected chi connectivity index (χ0v) is 11.6. The van der Waals surface area contributed by atoms with Gasteiger partial charge in [0.2, 0.25) is 0 Å². The summed E-state index contributed by atoms with van der Waals surface area (Å²) < 4.78 is 13.1. The van der Waals surface area contributed by atoms with E-state index < -0.39 is 0 Å². The van der Waals surface area contributed by atoms with Gasteiger partial charge in [0.1, 0.15) is 5.82 Å². The summed E-state index contributed by atoms with van der Waals surface area (Å²) >= 11 is 5.94. The van der Waals surface area contributed by atoms with Gasteiger partial charge in [-0.2, -0.15) is 0 Å². The minimum atomic E-state index is -0.181. The van der Waals surface area contributed by atoms with Gasteiger partial charge in [0.15, 0.2) is 0 Å². The van der Waals surface area contributed by atoms with Crippen LogP contribution in [0.2, 0.25) is 5.02 Å². The molecule has 0 radical (unpaired) electrons. The van der Waals surface area contributed by atoms with E-state index in [1.807, 2.05) is 30.3 Å². The van der Waals surface area contributed by atoms with Gasteiger partial charge in [-0.25, -0.2) is 4.39 Å². The van der Waals surface area contributed by atoms with E-state index in [2.05, 4.69) is 12.2 Å². The van der Waals surface area contributed by atoms with Crippen LogP contribution in [0.25, 0.3) is 0 Å². The van der Waals surface area contributed by atoms with Crippen molar-refractivity contribution in [3.63, 3.8) is 0 Å². The highest BCUT2D eigenvalue weighted by Crippen LogP contribution is 2.11. The zero-order valence-electron chi connectivity index (χ0n) is 10.9. The van der Waals surface area contributed by atoms with Crippen LogP contribution in [0.15, 0.2) is 48.5 Å². The summed E-state index contributed by atoms with van der Waals surface area (Å²) in [5, 5.41) is 4.16. The summed E-state index contributed by atoms with van der Waals surface area (Å²) in [5.74, 6) is -0.181. The Kier molecular flexibility index (Phi) is 4.94. The molecule has 100 valence electrons. The topological polar surface area (TPSA) is 12.0 Å². The van der Waals surface area contributed by atoms with Gasteiger partial charge in [-0.05, 0) is 48.7 Å². The molecule has 2 rings (SSSR count). The molecule has 0 saturated carbocycles. The van der Waals surface area contributed by atoms with Crippen molar-refractivity contribution < 1.29 is 4.39 Å². The van der Waals surface area contributed by atoms with Gasteiger partial charge in [-0.3, -0.25) is 0 Å². The van der Waals surface area contributed by atoms with E-state index in [4.69, 9.17) is 11.6 Å². The summed E-state index contributed by atoms with van der Waals surface area (Å²) in [4.78, 5) is 0. The van der Waals surface area contributed by atoms with Crippen LogP contribution in [0, 0.1) is 5.82 Å². The van der Waals surface area contributed by atoms with Gasteiger partial charge in [-0.1, -0.05) is 35.9 Å². The van der Waals surface area contributed by atoms with Crippen LogP contribution in [0.3, 0.4) is 0 Å². The molecule has 0 amide bonds. The number of nitrogens with one attached hydrogen (secondary N) is 1. The number of rotatable bonds is 5. The van der Waals surface area contributed by atoms with Crippen molar-refractivity contribution in [1.29, 1.82) is 0 Å². The normalized spacial score (nSPS) is 12.4. The van der Waals surface area contributed by atoms with E-state index in [-0.39, 0.29) is 11.9 Å². The molecular formula is C16H17ClFN. The molecule has 0 bridgehead atoms. The van der Waals surface area contributed by atoms with Crippen molar-refractivity contribution in [3.8, 4) is 0 Å². The molecule has 0 saturated heterocycles. The second-order valence-corrected chi connectivity index (χ2v) is 5.18. The predicted octanol–water partition coefficient (Wildman–Crippen LogP) is 4.20. The van der Waals surface area contributed by atoms with Crippen LogP contribution in [0.4, 0.5) is 4.39 Å². The van der Waals surface area contributed by atoms with Crippen LogP contribution in [0.5, 0.6) is 0 Å². The highest BCUT2D eigenvalue weighted by molar-refractivity contribution is 6.30. The third kappa shape index (κ3) is 4.66. The molecule has 0 aromatic heterocycles. The first-order chi connectivity index (χ1) is 9.13. The predicted molar refractivity (Wildman–Crippen MR) is 77.9 cm³/mol. The average Bonchev–Trinajstić information content (AvgIpc) is 2.36. The second kappa shape index (κ2) is 6.69. The number of benzene rings is 2. The van der Waals surface area contributed by atoms with Crippen LogP contribution in [-0.2, 0) is 13.0 Å². The van der Waals surface area contributed by atoms with Gasteiger partial charge in [0.25, 0.3) is 0 Å². The van der Waals surface area contributed by atoms with Crippen molar-refractivity contribution in [1.82, 2.24) is 5.32 Å². The molecule has 1 atom stereocenters. The average molecular weight is 278 g/mol. The molecule has 1 nitrogen and oxygen atoms in total. The lowest BCUT2D eigenvalue weighted by Gasteiger charge is -2.14. The first-order valence-electron chi connectivity index (χ1n) is 6.36. The van der Waals surface area contributed by atoms with Crippen molar-refractivity contribution in [2.45, 2.75) is 25.9 Å². The third-order valence-corrected chi connectivity index (χ3v) is 3.21. The van der Waals surface area contributed by atoms with Crippen LogP contribution >= 0.6 is 11.6 Å². The van der Waals surface area contributed by atoms with Crippen LogP contribution in [0.1, 0.15) is 18.1 Å². The summed E-state index contributed by atoms with van der Waals surface area (Å²) in [6, 6.07) is 14.8. The monoisotopic (exact) mass is 277 g/mol. The van der Waals surface area contributed by atoms with E-state index in [1.54, 1.807) is 12.1 Å². The van der Waals surface area contributed by atoms with Crippen LogP contribution < -0.4 is 5.32 Å². The van der Waals surface area contributed by atoms with Crippen molar-refractivity contribution in [2.24, 2.45) is 0 Å². The zero-order chi connectivity index (χ0) is 13.7. The fourth-order valence-electron chi connectivity index (χ4n) is 2.03. The fourth-order valence-corrected chi connectivity index (χ4v) is 2.24. The lowest BCUT2D eigenvalue weighted by atomic mass is 10.1. The molecule has 2 aromatic carbocycles. The molecule has 0 aliphatic heterocycles. The second-order valence-electron chi connectivity index (χ2n) is 4.75. The fraction of sp³-hybridized carbons (Fsp3) is 0.250. The van der Waals surface area contributed by atoms with E-state index in [0.717, 1.165) is 29.1 Å². The molecule has 2 aromatic rings. The maximum Gasteiger partial charge on any atom is 0.123 e. The molecule has 3 heteroatoms. The SMILES string of the molecule is CC(Cc1cccc(F)c1)NCc1cccc(Cl)c1. The van der Waals surface area contributed by atoms with Gasteiger partial charge in [0, 0.05) is 17.6 Å². The Labute approximate surface area is 118 Å². The lowest BCUT2D eigenvalue weighted by Crippen LogP contribution is -2.27. The van der Waals surface area contributed by atoms with Crippen LogP contribution in [-0.4, -0.2) is 6.04 Å². The van der Waals surface area contributed by atoms with Gasteiger partial charge < -0.3 is 5.32 Å². The Hall–Kier alpha value is -1.38. The minimum absolute atomic E-state index is 0.181. The Morgan fingerprint density at radius 1 is 1.11 bits per heavy atom. The Morgan fingerprint density at radius 3 is 2.58 bits per heavy atom. The van der Waals surface area contributed by atoms with E-state index in [1.165, 1.54) is 6.07 Å². The van der Waals surface area contributed by atoms with Crippen molar-refractivity contribution in [2.75, 3.05) is 0 Å². The maximum atomic E-state index is 13.1. The van der Waals surface area contributed by atoms with E-state index >= 15 is 0 Å². The molecular weight excluding hydrogens is 261 g/mol. The number of hydrogen-bond acceptors (Lipinski definition) is 1. The van der Waals surface area contributed by atoms with Crippen molar-refractivity contribution >= 4 is 11.6 Å². The van der Waals surface area contributed by atoms with E-state index in [9.17, 15) is 4.39 Å². The largest absolute Gasteiger partial charge is 0.310 e. The van der Waals surface area contributed by atoms with Gasteiger partial charge in [-0.15, -0.1) is 0 Å². The quantitative estimate of drug-likeness (QED) is 0.864. The van der Waals surface area contributed by atoms with Crippen molar-refractivity contribution in [3.05, 3.63) is 70.5 Å². The Bertz CT molecular complexity index is 542. The van der Waals surface area contributed by atoms with E-state index in [0.29, 0.717) is 0 Å². The minimum Gasteiger partial charge on any atom is -0.310 e. The highest BCUT2D eigenvalue weighted by atomic mass is 35.5. The number of hydrogen-bond donors (Lipinski definition) is 1. The number of halogens is 2. The van der Waals surface area contributed by atoms with Gasteiger partial charge in [0.05, 0.1) is 0 Å². The summed E-state index contributed by atoms with van der Waals surface area (Å²) in [6.45, 7) is 2.85. The maximum absolute atomic E-state index is 13.1. The molecule has 19 heavy (non-hydrogen) atoms. The Morgan fingerprint density at radius 2 is 1.84 bits per heavy atom. The first-order valence-corrected chi connectivity index (χ1v) is 6.73. The summed E-state index contributed by atoms with van der Waals surface area (Å²) in [6.07, 6.45) is 0.804. The standard InChI is InChI=1S/C16H17ClFN/c1-12(8-13-4-3-7-16(18)10-13)19-11-14-5-2-6-15(17)9-14/h2-7,9-10,12,19H,8,11H2,1H3. The van der Waals surface area contributed by atoms with Gasteiger partial charge >= 0.3 is 0 Å². The first kappa shape index (κ1) is 14.0. The molecule has 0 heterocycles.